The van der Waals surface area contributed by atoms with Gasteiger partial charge in [0, 0.05) is 13.1 Å². The van der Waals surface area contributed by atoms with E-state index in [0.29, 0.717) is 26.3 Å². The minimum absolute atomic E-state index is 0.0459. The Kier molecular flexibility index (Phi) is 4.73. The van der Waals surface area contributed by atoms with Crippen molar-refractivity contribution in [3.8, 4) is 0 Å². The van der Waals surface area contributed by atoms with Crippen LogP contribution in [0.4, 0.5) is 0 Å². The Hall–Kier alpha value is -0.170. The summed E-state index contributed by atoms with van der Waals surface area (Å²) in [6, 6.07) is 0. The summed E-state index contributed by atoms with van der Waals surface area (Å²) in [6.45, 7) is 7.86. The second-order valence-corrected chi connectivity index (χ2v) is 6.88. The molecule has 0 aromatic rings. The summed E-state index contributed by atoms with van der Waals surface area (Å²) in [4.78, 5) is 0. The van der Waals surface area contributed by atoms with Crippen LogP contribution in [0.5, 0.6) is 0 Å². The Morgan fingerprint density at radius 3 is 2.31 bits per heavy atom. The molecule has 0 aromatic carbocycles. The van der Waals surface area contributed by atoms with E-state index >= 15 is 0 Å². The molecule has 1 rings (SSSR count). The van der Waals surface area contributed by atoms with Crippen LogP contribution in [-0.4, -0.2) is 57.0 Å². The van der Waals surface area contributed by atoms with E-state index in [1.807, 2.05) is 20.8 Å². The van der Waals surface area contributed by atoms with Crippen LogP contribution in [0.25, 0.3) is 0 Å². The van der Waals surface area contributed by atoms with Crippen LogP contribution >= 0.6 is 0 Å². The maximum Gasteiger partial charge on any atom is 0.216 e. The van der Waals surface area contributed by atoms with Crippen molar-refractivity contribution in [3.63, 3.8) is 0 Å². The molecule has 1 heterocycles. The van der Waals surface area contributed by atoms with Crippen LogP contribution in [0.2, 0.25) is 0 Å². The zero-order valence-electron chi connectivity index (χ0n) is 10.2. The highest BCUT2D eigenvalue weighted by Crippen LogP contribution is 2.09. The average Bonchev–Trinajstić information content (AvgIpc) is 2.17. The molecule has 0 aromatic heterocycles. The first-order valence-corrected chi connectivity index (χ1v) is 7.12. The third kappa shape index (κ3) is 4.78. The molecule has 0 atom stereocenters. The van der Waals surface area contributed by atoms with E-state index in [1.54, 1.807) is 0 Å². The first-order valence-electron chi connectivity index (χ1n) is 5.51. The van der Waals surface area contributed by atoms with Gasteiger partial charge in [-0.15, -0.1) is 0 Å². The molecule has 0 saturated carbocycles. The van der Waals surface area contributed by atoms with E-state index in [4.69, 9.17) is 9.47 Å². The van der Waals surface area contributed by atoms with Crippen LogP contribution in [-0.2, 0) is 19.5 Å². The van der Waals surface area contributed by atoms with E-state index in [-0.39, 0.29) is 18.0 Å². The zero-order valence-corrected chi connectivity index (χ0v) is 11.0. The fraction of sp³-hybridized carbons (Fsp3) is 1.00. The van der Waals surface area contributed by atoms with Crippen molar-refractivity contribution in [1.82, 2.24) is 4.31 Å². The molecule has 1 aliphatic rings. The molecule has 0 unspecified atom stereocenters. The molecular weight excluding hydrogens is 230 g/mol. The standard InChI is InChI=1S/C10H21NO4S/c1-10(2,3)15-8-9-16(12,13)11-4-6-14-7-5-11/h4-9H2,1-3H3. The van der Waals surface area contributed by atoms with Gasteiger partial charge < -0.3 is 9.47 Å². The van der Waals surface area contributed by atoms with Gasteiger partial charge in [0.05, 0.1) is 31.2 Å². The van der Waals surface area contributed by atoms with Gasteiger partial charge in [0.25, 0.3) is 0 Å². The van der Waals surface area contributed by atoms with Gasteiger partial charge in [-0.25, -0.2) is 8.42 Å². The fourth-order valence-corrected chi connectivity index (χ4v) is 2.66. The summed E-state index contributed by atoms with van der Waals surface area (Å²) in [5.74, 6) is 0.0459. The molecule has 96 valence electrons. The molecule has 0 aliphatic carbocycles. The molecule has 1 fully saturated rings. The van der Waals surface area contributed by atoms with Crippen molar-refractivity contribution >= 4 is 10.0 Å². The number of hydrogen-bond acceptors (Lipinski definition) is 4. The molecule has 1 aliphatic heterocycles. The fourth-order valence-electron chi connectivity index (χ4n) is 1.41. The molecule has 0 amide bonds. The van der Waals surface area contributed by atoms with Gasteiger partial charge in [0.15, 0.2) is 0 Å². The zero-order chi connectivity index (χ0) is 12.2. The van der Waals surface area contributed by atoms with Crippen molar-refractivity contribution in [1.29, 1.82) is 0 Å². The van der Waals surface area contributed by atoms with E-state index in [2.05, 4.69) is 0 Å². The maximum atomic E-state index is 11.9. The smallest absolute Gasteiger partial charge is 0.216 e. The van der Waals surface area contributed by atoms with E-state index in [1.165, 1.54) is 4.31 Å². The largest absolute Gasteiger partial charge is 0.379 e. The third-order valence-electron chi connectivity index (χ3n) is 2.24. The molecule has 5 nitrogen and oxygen atoms in total. The topological polar surface area (TPSA) is 55.8 Å². The van der Waals surface area contributed by atoms with Gasteiger partial charge in [0.2, 0.25) is 10.0 Å². The third-order valence-corrected chi connectivity index (χ3v) is 4.07. The van der Waals surface area contributed by atoms with Crippen molar-refractivity contribution in [2.24, 2.45) is 0 Å². The molecule has 0 spiro atoms. The maximum absolute atomic E-state index is 11.9. The molecular formula is C10H21NO4S. The average molecular weight is 251 g/mol. The lowest BCUT2D eigenvalue weighted by Crippen LogP contribution is -2.42. The number of ether oxygens (including phenoxy) is 2. The number of morpholine rings is 1. The highest BCUT2D eigenvalue weighted by molar-refractivity contribution is 7.89. The van der Waals surface area contributed by atoms with Gasteiger partial charge in [-0.1, -0.05) is 0 Å². The Labute approximate surface area is 97.8 Å². The van der Waals surface area contributed by atoms with Crippen molar-refractivity contribution in [2.45, 2.75) is 26.4 Å². The Balaban J connectivity index is 2.39. The Bertz CT molecular complexity index is 301. The Morgan fingerprint density at radius 1 is 1.25 bits per heavy atom. The van der Waals surface area contributed by atoms with Crippen LogP contribution in [0.1, 0.15) is 20.8 Å². The SMILES string of the molecule is CC(C)(C)OCCS(=O)(=O)N1CCOCC1. The van der Waals surface area contributed by atoms with Gasteiger partial charge in [-0.05, 0) is 20.8 Å². The van der Waals surface area contributed by atoms with Gasteiger partial charge in [-0.2, -0.15) is 4.31 Å². The highest BCUT2D eigenvalue weighted by Gasteiger charge is 2.24. The molecule has 1 saturated heterocycles. The second-order valence-electron chi connectivity index (χ2n) is 4.79. The second kappa shape index (κ2) is 5.44. The highest BCUT2D eigenvalue weighted by atomic mass is 32.2. The van der Waals surface area contributed by atoms with Gasteiger partial charge in [0.1, 0.15) is 0 Å². The van der Waals surface area contributed by atoms with Crippen molar-refractivity contribution in [3.05, 3.63) is 0 Å². The minimum Gasteiger partial charge on any atom is -0.379 e. The lowest BCUT2D eigenvalue weighted by Gasteiger charge is -2.27. The summed E-state index contributed by atoms with van der Waals surface area (Å²) in [7, 11) is -3.18. The van der Waals surface area contributed by atoms with Gasteiger partial charge >= 0.3 is 0 Å². The van der Waals surface area contributed by atoms with Crippen molar-refractivity contribution < 1.29 is 17.9 Å². The number of rotatable bonds is 4. The van der Waals surface area contributed by atoms with Crippen molar-refractivity contribution in [2.75, 3.05) is 38.7 Å². The first-order chi connectivity index (χ1) is 7.31. The number of nitrogens with zero attached hydrogens (tertiary/aromatic N) is 1. The lowest BCUT2D eigenvalue weighted by molar-refractivity contribution is 0.00572. The van der Waals surface area contributed by atoms with E-state index in [0.717, 1.165) is 0 Å². The van der Waals surface area contributed by atoms with Gasteiger partial charge in [-0.3, -0.25) is 0 Å². The molecule has 0 N–H and O–H groups in total. The lowest BCUT2D eigenvalue weighted by atomic mass is 10.2. The predicted molar refractivity (Wildman–Crippen MR) is 61.9 cm³/mol. The normalized spacial score (nSPS) is 19.9. The summed E-state index contributed by atoms with van der Waals surface area (Å²) < 4.78 is 35.7. The predicted octanol–water partition coefficient (Wildman–Crippen LogP) is 0.464. The summed E-state index contributed by atoms with van der Waals surface area (Å²) >= 11 is 0. The van der Waals surface area contributed by atoms with Crippen LogP contribution in [0.15, 0.2) is 0 Å². The monoisotopic (exact) mass is 251 g/mol. The molecule has 0 bridgehead atoms. The quantitative estimate of drug-likeness (QED) is 0.728. The molecule has 16 heavy (non-hydrogen) atoms. The van der Waals surface area contributed by atoms with Crippen LogP contribution < -0.4 is 0 Å². The summed E-state index contributed by atoms with van der Waals surface area (Å²) in [5.41, 5.74) is -0.291. The summed E-state index contributed by atoms with van der Waals surface area (Å²) in [5, 5.41) is 0. The Morgan fingerprint density at radius 2 is 1.81 bits per heavy atom. The minimum atomic E-state index is -3.18. The summed E-state index contributed by atoms with van der Waals surface area (Å²) in [6.07, 6.45) is 0. The van der Waals surface area contributed by atoms with E-state index in [9.17, 15) is 8.42 Å². The van der Waals surface area contributed by atoms with Crippen LogP contribution in [0.3, 0.4) is 0 Å². The molecule has 0 radical (unpaired) electrons. The molecule has 6 heteroatoms. The first kappa shape index (κ1) is 13.9. The number of sulfonamides is 1. The number of hydrogen-bond donors (Lipinski definition) is 0. The van der Waals surface area contributed by atoms with Crippen LogP contribution in [0, 0.1) is 0 Å². The van der Waals surface area contributed by atoms with E-state index < -0.39 is 10.0 Å².